The minimum Gasteiger partial charge on any atom is -0.456 e. The molecule has 0 aliphatic rings. The van der Waals surface area contributed by atoms with Gasteiger partial charge in [-0.25, -0.2) is 15.0 Å². The molecule has 4 heterocycles. The SMILES string of the molecule is c1ccc2c(c1)cc(-c1nc(-c3ccc4oc5ccc6ccccc6c5c4c3)nc(-c3cc4ccccc4c4oc5ccccc5c34)n1)c1c3ccccc3oc21. The van der Waals surface area contributed by atoms with E-state index in [-0.39, 0.29) is 0 Å². The lowest BCUT2D eigenvalue weighted by atomic mass is 9.98. The molecule has 0 saturated carbocycles. The Morgan fingerprint density at radius 3 is 1.39 bits per heavy atom. The number of nitrogens with zero attached hydrogens (tertiary/aromatic N) is 3. The summed E-state index contributed by atoms with van der Waals surface area (Å²) in [6.07, 6.45) is 0. The largest absolute Gasteiger partial charge is 0.456 e. The van der Waals surface area contributed by atoms with Crippen molar-refractivity contribution in [3.8, 4) is 34.2 Å². The first-order valence-electron chi connectivity index (χ1n) is 19.0. The van der Waals surface area contributed by atoms with Crippen LogP contribution >= 0.6 is 0 Å². The molecule has 0 N–H and O–H groups in total. The summed E-state index contributed by atoms with van der Waals surface area (Å²) >= 11 is 0. The van der Waals surface area contributed by atoms with Crippen molar-refractivity contribution in [1.29, 1.82) is 0 Å². The average molecular weight is 730 g/mol. The summed E-state index contributed by atoms with van der Waals surface area (Å²) in [6, 6.07) is 56.2. The highest BCUT2D eigenvalue weighted by Gasteiger charge is 2.23. The van der Waals surface area contributed by atoms with Crippen LogP contribution in [0.3, 0.4) is 0 Å². The van der Waals surface area contributed by atoms with Crippen LogP contribution in [-0.2, 0) is 0 Å². The molecule has 6 heteroatoms. The lowest BCUT2D eigenvalue weighted by Gasteiger charge is -2.12. The third kappa shape index (κ3) is 4.38. The van der Waals surface area contributed by atoms with Crippen molar-refractivity contribution in [2.24, 2.45) is 0 Å². The highest BCUT2D eigenvalue weighted by atomic mass is 16.3. The van der Waals surface area contributed by atoms with Gasteiger partial charge in [-0.2, -0.15) is 0 Å². The topological polar surface area (TPSA) is 78.1 Å². The zero-order chi connectivity index (χ0) is 37.2. The average Bonchev–Trinajstić information content (AvgIpc) is 3.98. The van der Waals surface area contributed by atoms with Gasteiger partial charge in [0.25, 0.3) is 0 Å². The number of rotatable bonds is 3. The fourth-order valence-corrected chi connectivity index (χ4v) is 8.90. The summed E-state index contributed by atoms with van der Waals surface area (Å²) in [7, 11) is 0. The Morgan fingerprint density at radius 1 is 0.298 bits per heavy atom. The van der Waals surface area contributed by atoms with Gasteiger partial charge in [0.05, 0.1) is 0 Å². The van der Waals surface area contributed by atoms with Gasteiger partial charge >= 0.3 is 0 Å². The van der Waals surface area contributed by atoms with Crippen molar-refractivity contribution < 1.29 is 13.3 Å². The number of furan rings is 3. The second kappa shape index (κ2) is 11.4. The fraction of sp³-hybridized carbons (Fsp3) is 0. The molecule has 264 valence electrons. The van der Waals surface area contributed by atoms with Crippen LogP contribution in [0.25, 0.3) is 132 Å². The minimum atomic E-state index is 0.550. The number of fused-ring (bicyclic) bond motifs is 15. The van der Waals surface area contributed by atoms with Crippen molar-refractivity contribution in [3.05, 3.63) is 164 Å². The second-order valence-corrected chi connectivity index (χ2v) is 14.7. The van der Waals surface area contributed by atoms with E-state index < -0.39 is 0 Å². The normalized spacial score (nSPS) is 12.2. The van der Waals surface area contributed by atoms with Crippen LogP contribution in [-0.4, -0.2) is 15.0 Å². The molecule has 4 aromatic heterocycles. The molecule has 0 spiro atoms. The highest BCUT2D eigenvalue weighted by Crippen LogP contribution is 2.44. The molecule has 0 radical (unpaired) electrons. The van der Waals surface area contributed by atoms with Crippen LogP contribution in [0.1, 0.15) is 0 Å². The van der Waals surface area contributed by atoms with Crippen LogP contribution < -0.4 is 0 Å². The predicted molar refractivity (Wildman–Crippen MR) is 230 cm³/mol. The smallest absolute Gasteiger partial charge is 0.164 e. The van der Waals surface area contributed by atoms with E-state index in [0.29, 0.717) is 17.5 Å². The van der Waals surface area contributed by atoms with E-state index in [1.807, 2.05) is 60.7 Å². The Bertz CT molecular complexity index is 3660. The van der Waals surface area contributed by atoms with Gasteiger partial charge in [-0.3, -0.25) is 0 Å². The van der Waals surface area contributed by atoms with Gasteiger partial charge in [-0.1, -0.05) is 115 Å². The third-order valence-corrected chi connectivity index (χ3v) is 11.5. The first-order valence-corrected chi connectivity index (χ1v) is 19.0. The molecule has 6 nitrogen and oxygen atoms in total. The number of para-hydroxylation sites is 2. The number of hydrogen-bond donors (Lipinski definition) is 0. The molecule has 13 aromatic rings. The summed E-state index contributed by atoms with van der Waals surface area (Å²) in [6.45, 7) is 0. The molecule has 0 aliphatic heterocycles. The number of hydrogen-bond acceptors (Lipinski definition) is 6. The minimum absolute atomic E-state index is 0.550. The highest BCUT2D eigenvalue weighted by molar-refractivity contribution is 6.23. The molecule has 0 amide bonds. The first kappa shape index (κ1) is 30.5. The van der Waals surface area contributed by atoms with E-state index in [1.165, 1.54) is 0 Å². The van der Waals surface area contributed by atoms with E-state index >= 15 is 0 Å². The summed E-state index contributed by atoms with van der Waals surface area (Å²) in [5.41, 5.74) is 7.47. The lowest BCUT2D eigenvalue weighted by molar-refractivity contribution is 0.669. The van der Waals surface area contributed by atoms with Gasteiger partial charge in [-0.15, -0.1) is 0 Å². The van der Waals surface area contributed by atoms with E-state index in [0.717, 1.165) is 115 Å². The monoisotopic (exact) mass is 729 g/mol. The Kier molecular flexibility index (Phi) is 6.07. The molecule has 13 rings (SSSR count). The van der Waals surface area contributed by atoms with Crippen LogP contribution in [0.2, 0.25) is 0 Å². The van der Waals surface area contributed by atoms with Gasteiger partial charge in [0.1, 0.15) is 33.5 Å². The van der Waals surface area contributed by atoms with Crippen LogP contribution in [0, 0.1) is 0 Å². The van der Waals surface area contributed by atoms with Crippen molar-refractivity contribution in [2.45, 2.75) is 0 Å². The molecule has 0 atom stereocenters. The summed E-state index contributed by atoms with van der Waals surface area (Å²) in [5, 5.41) is 12.5. The maximum Gasteiger partial charge on any atom is 0.164 e. The Labute approximate surface area is 323 Å². The van der Waals surface area contributed by atoms with Crippen LogP contribution in [0.5, 0.6) is 0 Å². The molecule has 0 bridgehead atoms. The van der Waals surface area contributed by atoms with E-state index in [1.54, 1.807) is 0 Å². The number of aromatic nitrogens is 3. The molecule has 0 aliphatic carbocycles. The van der Waals surface area contributed by atoms with E-state index in [4.69, 9.17) is 28.2 Å². The van der Waals surface area contributed by atoms with Crippen molar-refractivity contribution in [3.63, 3.8) is 0 Å². The van der Waals surface area contributed by atoms with Crippen molar-refractivity contribution in [2.75, 3.05) is 0 Å². The van der Waals surface area contributed by atoms with E-state index in [9.17, 15) is 0 Å². The maximum atomic E-state index is 6.62. The molecule has 0 fully saturated rings. The molecule has 57 heavy (non-hydrogen) atoms. The molecular formula is C51H27N3O3. The maximum absolute atomic E-state index is 6.62. The van der Waals surface area contributed by atoms with Gasteiger partial charge in [0.2, 0.25) is 0 Å². The second-order valence-electron chi connectivity index (χ2n) is 14.7. The molecule has 9 aromatic carbocycles. The third-order valence-electron chi connectivity index (χ3n) is 11.5. The Balaban J connectivity index is 1.16. The Morgan fingerprint density at radius 2 is 0.772 bits per heavy atom. The molecular weight excluding hydrogens is 703 g/mol. The van der Waals surface area contributed by atoms with Gasteiger partial charge < -0.3 is 13.3 Å². The van der Waals surface area contributed by atoms with Crippen molar-refractivity contribution >= 4 is 98.1 Å². The molecule has 0 saturated heterocycles. The van der Waals surface area contributed by atoms with Gasteiger partial charge in [0.15, 0.2) is 17.5 Å². The van der Waals surface area contributed by atoms with Crippen molar-refractivity contribution in [1.82, 2.24) is 15.0 Å². The van der Waals surface area contributed by atoms with Crippen LogP contribution in [0.15, 0.2) is 177 Å². The molecule has 0 unspecified atom stereocenters. The fourth-order valence-electron chi connectivity index (χ4n) is 8.90. The van der Waals surface area contributed by atoms with Crippen LogP contribution in [0.4, 0.5) is 0 Å². The lowest BCUT2D eigenvalue weighted by Crippen LogP contribution is -2.01. The zero-order valence-electron chi connectivity index (χ0n) is 30.2. The predicted octanol–water partition coefficient (Wildman–Crippen LogP) is 14.0. The summed E-state index contributed by atoms with van der Waals surface area (Å²) in [4.78, 5) is 16.1. The first-order chi connectivity index (χ1) is 28.2. The standard InChI is InChI=1S/C51H27N3O3/c1-4-14-32-28(11-1)21-24-43-44(32)37-27-31(22-23-42(37)55-43)49-52-50(38-25-29-12-2-5-15-33(29)47-45(38)35-17-7-9-19-40(35)56-47)54-51(53-49)39-26-30-13-3-6-16-34(30)48-46(39)36-18-8-10-20-41(36)57-48/h1-27H. The summed E-state index contributed by atoms with van der Waals surface area (Å²) < 4.78 is 19.7. The summed E-state index contributed by atoms with van der Waals surface area (Å²) in [5.74, 6) is 1.65. The Hall–Kier alpha value is -7.83. The van der Waals surface area contributed by atoms with E-state index in [2.05, 4.69) is 103 Å². The zero-order valence-corrected chi connectivity index (χ0v) is 30.2. The number of benzene rings is 9. The quantitative estimate of drug-likeness (QED) is 0.180. The van der Waals surface area contributed by atoms with Gasteiger partial charge in [0, 0.05) is 59.8 Å². The van der Waals surface area contributed by atoms with Gasteiger partial charge in [-0.05, 0) is 70.1 Å².